The molecule has 1 aliphatic rings. The number of anilines is 2. The van der Waals surface area contributed by atoms with Crippen molar-refractivity contribution >= 4 is 11.4 Å². The molecule has 0 unspecified atom stereocenters. The first-order valence-electron chi connectivity index (χ1n) is 7.74. The molecule has 1 aliphatic heterocycles. The number of para-hydroxylation sites is 2. The molecule has 2 aromatic carbocycles. The van der Waals surface area contributed by atoms with Crippen LogP contribution in [0.25, 0.3) is 0 Å². The van der Waals surface area contributed by atoms with E-state index in [0.29, 0.717) is 0 Å². The first-order chi connectivity index (χ1) is 10.7. The Labute approximate surface area is 132 Å². The molecule has 1 saturated heterocycles. The lowest BCUT2D eigenvalue weighted by Crippen LogP contribution is -2.43. The van der Waals surface area contributed by atoms with Gasteiger partial charge in [0.15, 0.2) is 5.75 Å². The molecule has 0 spiro atoms. The quantitative estimate of drug-likeness (QED) is 0.939. The van der Waals surface area contributed by atoms with E-state index in [9.17, 15) is 0 Å². The Morgan fingerprint density at radius 2 is 1.77 bits per heavy atom. The summed E-state index contributed by atoms with van der Waals surface area (Å²) >= 11 is 0. The van der Waals surface area contributed by atoms with Gasteiger partial charge in [-0.25, -0.2) is 0 Å². The van der Waals surface area contributed by atoms with Gasteiger partial charge < -0.3 is 19.9 Å². The van der Waals surface area contributed by atoms with Gasteiger partial charge in [-0.2, -0.15) is 0 Å². The van der Waals surface area contributed by atoms with Crippen LogP contribution in [0.15, 0.2) is 48.5 Å². The van der Waals surface area contributed by atoms with E-state index in [1.54, 1.807) is 0 Å². The molecule has 0 atom stereocenters. The van der Waals surface area contributed by atoms with E-state index in [4.69, 9.17) is 4.74 Å². The van der Waals surface area contributed by atoms with Crippen LogP contribution >= 0.6 is 0 Å². The van der Waals surface area contributed by atoms with Crippen LogP contribution in [0.5, 0.6) is 11.5 Å². The second kappa shape index (κ2) is 6.71. The van der Waals surface area contributed by atoms with E-state index >= 15 is 0 Å². The minimum Gasteiger partial charge on any atom is -0.455 e. The smallest absolute Gasteiger partial charge is 0.150 e. The van der Waals surface area contributed by atoms with Gasteiger partial charge in [0.05, 0.1) is 5.69 Å². The van der Waals surface area contributed by atoms with Crippen LogP contribution < -0.4 is 19.9 Å². The highest BCUT2D eigenvalue weighted by Gasteiger charge is 2.15. The second-order valence-electron chi connectivity index (χ2n) is 5.70. The lowest BCUT2D eigenvalue weighted by Gasteiger charge is -2.30. The number of nitrogens with one attached hydrogen (secondary N) is 1. The molecule has 22 heavy (non-hydrogen) atoms. The Hall–Kier alpha value is -2.20. The molecule has 0 saturated carbocycles. The highest BCUT2D eigenvalue weighted by Crippen LogP contribution is 2.33. The Kier molecular flexibility index (Phi) is 4.49. The largest absolute Gasteiger partial charge is 0.455 e. The van der Waals surface area contributed by atoms with Crippen LogP contribution in [-0.4, -0.2) is 40.3 Å². The van der Waals surface area contributed by atoms with Crippen LogP contribution in [0.4, 0.5) is 11.4 Å². The SMILES string of the molecule is CN(C)c1cccc(Oc2ccccc2N2CCNCC2)c1. The molecule has 0 radical (unpaired) electrons. The van der Waals surface area contributed by atoms with E-state index < -0.39 is 0 Å². The zero-order chi connectivity index (χ0) is 15.4. The summed E-state index contributed by atoms with van der Waals surface area (Å²) in [7, 11) is 4.07. The monoisotopic (exact) mass is 297 g/mol. The Morgan fingerprint density at radius 1 is 1.00 bits per heavy atom. The van der Waals surface area contributed by atoms with Gasteiger partial charge in [-0.1, -0.05) is 18.2 Å². The molecule has 3 rings (SSSR count). The van der Waals surface area contributed by atoms with Gasteiger partial charge in [-0.3, -0.25) is 0 Å². The Balaban J connectivity index is 1.84. The Bertz CT molecular complexity index is 621. The first-order valence-corrected chi connectivity index (χ1v) is 7.74. The third-order valence-corrected chi connectivity index (χ3v) is 3.88. The summed E-state index contributed by atoms with van der Waals surface area (Å²) in [6.07, 6.45) is 0. The zero-order valence-corrected chi connectivity index (χ0v) is 13.2. The number of hydrogen-bond donors (Lipinski definition) is 1. The van der Waals surface area contributed by atoms with Gasteiger partial charge in [0.2, 0.25) is 0 Å². The second-order valence-corrected chi connectivity index (χ2v) is 5.70. The number of nitrogens with zero attached hydrogens (tertiary/aromatic N) is 2. The zero-order valence-electron chi connectivity index (χ0n) is 13.2. The van der Waals surface area contributed by atoms with E-state index in [1.165, 1.54) is 5.69 Å². The van der Waals surface area contributed by atoms with Crippen molar-refractivity contribution in [1.82, 2.24) is 5.32 Å². The third kappa shape index (κ3) is 3.34. The summed E-state index contributed by atoms with van der Waals surface area (Å²) in [6.45, 7) is 4.06. The van der Waals surface area contributed by atoms with Crippen molar-refractivity contribution in [3.8, 4) is 11.5 Å². The maximum atomic E-state index is 6.16. The summed E-state index contributed by atoms with van der Waals surface area (Å²) in [5.41, 5.74) is 2.30. The predicted octanol–water partition coefficient (Wildman–Crippen LogP) is 2.95. The van der Waals surface area contributed by atoms with Crippen LogP contribution in [0, 0.1) is 0 Å². The minimum atomic E-state index is 0.869. The first kappa shape index (κ1) is 14.7. The average molecular weight is 297 g/mol. The standard InChI is InChI=1S/C18H23N3O/c1-20(2)15-6-5-7-16(14-15)22-18-9-4-3-8-17(18)21-12-10-19-11-13-21/h3-9,14,19H,10-13H2,1-2H3. The van der Waals surface area contributed by atoms with E-state index in [0.717, 1.165) is 43.4 Å². The maximum Gasteiger partial charge on any atom is 0.150 e. The van der Waals surface area contributed by atoms with Crippen molar-refractivity contribution in [3.63, 3.8) is 0 Å². The molecule has 1 N–H and O–H groups in total. The topological polar surface area (TPSA) is 27.7 Å². The van der Waals surface area contributed by atoms with Crippen LogP contribution in [0.3, 0.4) is 0 Å². The fraction of sp³-hybridized carbons (Fsp3) is 0.333. The van der Waals surface area contributed by atoms with Crippen LogP contribution in [-0.2, 0) is 0 Å². The van der Waals surface area contributed by atoms with Crippen molar-refractivity contribution in [2.45, 2.75) is 0 Å². The highest BCUT2D eigenvalue weighted by molar-refractivity contribution is 5.60. The summed E-state index contributed by atoms with van der Waals surface area (Å²) < 4.78 is 6.16. The fourth-order valence-electron chi connectivity index (χ4n) is 2.66. The highest BCUT2D eigenvalue weighted by atomic mass is 16.5. The van der Waals surface area contributed by atoms with Crippen LogP contribution in [0.1, 0.15) is 0 Å². The van der Waals surface area contributed by atoms with Gasteiger partial charge in [0.25, 0.3) is 0 Å². The predicted molar refractivity (Wildman–Crippen MR) is 92.4 cm³/mol. The molecule has 0 aliphatic carbocycles. The molecule has 4 nitrogen and oxygen atoms in total. The molecule has 116 valence electrons. The summed E-state index contributed by atoms with van der Waals surface area (Å²) in [6, 6.07) is 16.4. The maximum absolute atomic E-state index is 6.16. The molecule has 4 heteroatoms. The van der Waals surface area contributed by atoms with Gasteiger partial charge in [0.1, 0.15) is 5.75 Å². The number of piperazine rings is 1. The van der Waals surface area contributed by atoms with Crippen molar-refractivity contribution in [2.24, 2.45) is 0 Å². The van der Waals surface area contributed by atoms with Gasteiger partial charge in [0, 0.05) is 52.0 Å². The molecule has 2 aromatic rings. The third-order valence-electron chi connectivity index (χ3n) is 3.88. The molecular formula is C18H23N3O. The van der Waals surface area contributed by atoms with E-state index in [1.807, 2.05) is 38.4 Å². The summed E-state index contributed by atoms with van der Waals surface area (Å²) in [4.78, 5) is 4.46. The van der Waals surface area contributed by atoms with Crippen molar-refractivity contribution < 1.29 is 4.74 Å². The number of rotatable bonds is 4. The molecule has 1 fully saturated rings. The summed E-state index contributed by atoms with van der Waals surface area (Å²) in [5, 5.41) is 3.39. The van der Waals surface area contributed by atoms with E-state index in [2.05, 4.69) is 39.4 Å². The lowest BCUT2D eigenvalue weighted by atomic mass is 10.2. The van der Waals surface area contributed by atoms with Crippen LogP contribution in [0.2, 0.25) is 0 Å². The lowest BCUT2D eigenvalue weighted by molar-refractivity contribution is 0.478. The van der Waals surface area contributed by atoms with E-state index in [-0.39, 0.29) is 0 Å². The molecule has 1 heterocycles. The normalized spacial score (nSPS) is 14.7. The fourth-order valence-corrected chi connectivity index (χ4v) is 2.66. The average Bonchev–Trinajstić information content (AvgIpc) is 2.56. The minimum absolute atomic E-state index is 0.869. The number of ether oxygens (including phenoxy) is 1. The van der Waals surface area contributed by atoms with Gasteiger partial charge in [-0.15, -0.1) is 0 Å². The van der Waals surface area contributed by atoms with Crippen molar-refractivity contribution in [1.29, 1.82) is 0 Å². The van der Waals surface area contributed by atoms with Gasteiger partial charge >= 0.3 is 0 Å². The molecule has 0 aromatic heterocycles. The molecule has 0 bridgehead atoms. The summed E-state index contributed by atoms with van der Waals surface area (Å²) in [5.74, 6) is 1.79. The van der Waals surface area contributed by atoms with Gasteiger partial charge in [-0.05, 0) is 24.3 Å². The number of hydrogen-bond acceptors (Lipinski definition) is 4. The molecule has 0 amide bonds. The Morgan fingerprint density at radius 3 is 2.55 bits per heavy atom. The molecular weight excluding hydrogens is 274 g/mol. The van der Waals surface area contributed by atoms with Crippen molar-refractivity contribution in [2.75, 3.05) is 50.1 Å². The number of benzene rings is 2. The van der Waals surface area contributed by atoms with Crippen molar-refractivity contribution in [3.05, 3.63) is 48.5 Å².